The van der Waals surface area contributed by atoms with Crippen LogP contribution in [0.1, 0.15) is 65.2 Å². The number of rotatable bonds is 6. The van der Waals surface area contributed by atoms with Crippen molar-refractivity contribution in [2.45, 2.75) is 83.4 Å². The summed E-state index contributed by atoms with van der Waals surface area (Å²) >= 11 is 0. The summed E-state index contributed by atoms with van der Waals surface area (Å²) in [6.45, 7) is 7.14. The number of nitrogens with zero attached hydrogens (tertiary/aromatic N) is 1. The van der Waals surface area contributed by atoms with Crippen molar-refractivity contribution in [2.75, 3.05) is 19.6 Å². The Morgan fingerprint density at radius 1 is 1.17 bits per heavy atom. The van der Waals surface area contributed by atoms with E-state index in [1.165, 1.54) is 6.42 Å². The van der Waals surface area contributed by atoms with Gasteiger partial charge < -0.3 is 15.7 Å². The zero-order chi connectivity index (χ0) is 16.7. The number of hydrogen-bond acceptors (Lipinski definition) is 3. The quantitative estimate of drug-likeness (QED) is 0.657. The molecule has 0 radical (unpaired) electrons. The molecule has 1 saturated carbocycles. The van der Waals surface area contributed by atoms with Crippen molar-refractivity contribution in [3.8, 4) is 0 Å². The van der Waals surface area contributed by atoms with E-state index in [-0.39, 0.29) is 18.2 Å². The molecule has 0 aromatic rings. The number of nitrogens with one attached hydrogen (secondary N) is 2. The van der Waals surface area contributed by atoms with Crippen LogP contribution in [-0.2, 0) is 0 Å². The zero-order valence-electron chi connectivity index (χ0n) is 14.9. The van der Waals surface area contributed by atoms with Gasteiger partial charge in [0.05, 0.1) is 6.10 Å². The second-order valence-electron chi connectivity index (χ2n) is 7.67. The number of likely N-dealkylation sites (tertiary alicyclic amines) is 1. The molecule has 2 atom stereocenters. The first-order chi connectivity index (χ1) is 11.1. The van der Waals surface area contributed by atoms with Gasteiger partial charge in [-0.1, -0.05) is 26.7 Å². The largest absolute Gasteiger partial charge is 0.391 e. The first kappa shape index (κ1) is 18.5. The Morgan fingerprint density at radius 2 is 1.87 bits per heavy atom. The summed E-state index contributed by atoms with van der Waals surface area (Å²) in [5.41, 5.74) is 0. The van der Waals surface area contributed by atoms with Crippen molar-refractivity contribution < 1.29 is 9.90 Å². The maximum atomic E-state index is 11.9. The van der Waals surface area contributed by atoms with Crippen molar-refractivity contribution in [1.82, 2.24) is 15.5 Å². The Bertz CT molecular complexity index is 354. The third kappa shape index (κ3) is 6.30. The van der Waals surface area contributed by atoms with E-state index in [1.807, 2.05) is 0 Å². The monoisotopic (exact) mass is 325 g/mol. The maximum Gasteiger partial charge on any atom is 0.315 e. The van der Waals surface area contributed by atoms with Gasteiger partial charge in [-0.05, 0) is 44.4 Å². The Hall–Kier alpha value is -0.810. The maximum absolute atomic E-state index is 11.9. The molecule has 134 valence electrons. The van der Waals surface area contributed by atoms with Gasteiger partial charge in [0.25, 0.3) is 0 Å². The molecule has 0 bridgehead atoms. The van der Waals surface area contributed by atoms with E-state index in [0.717, 1.165) is 64.6 Å². The Balaban J connectivity index is 1.61. The van der Waals surface area contributed by atoms with Crippen LogP contribution in [0.2, 0.25) is 0 Å². The zero-order valence-corrected chi connectivity index (χ0v) is 14.9. The summed E-state index contributed by atoms with van der Waals surface area (Å²) < 4.78 is 0. The molecule has 5 heteroatoms. The molecule has 23 heavy (non-hydrogen) atoms. The van der Waals surface area contributed by atoms with Gasteiger partial charge in [0.2, 0.25) is 0 Å². The van der Waals surface area contributed by atoms with Crippen molar-refractivity contribution in [1.29, 1.82) is 0 Å². The molecule has 3 N–H and O–H groups in total. The van der Waals surface area contributed by atoms with Gasteiger partial charge in [0.1, 0.15) is 0 Å². The lowest BCUT2D eigenvalue weighted by Gasteiger charge is -2.41. The highest BCUT2D eigenvalue weighted by Gasteiger charge is 2.31. The van der Waals surface area contributed by atoms with Gasteiger partial charge in [0.15, 0.2) is 0 Å². The molecule has 5 nitrogen and oxygen atoms in total. The van der Waals surface area contributed by atoms with E-state index >= 15 is 0 Å². The molecule has 0 spiro atoms. The predicted octanol–water partition coefficient (Wildman–Crippen LogP) is 2.49. The number of carbonyl (C=O) groups excluding carboxylic acids is 1. The molecule has 2 unspecified atom stereocenters. The molecule has 1 heterocycles. The predicted molar refractivity (Wildman–Crippen MR) is 93.5 cm³/mol. The van der Waals surface area contributed by atoms with E-state index in [2.05, 4.69) is 29.4 Å². The standard InChI is InChI=1S/C18H35N3O2/c1-14(2)6-5-11-19-18(23)20-15-9-12-21(13-10-15)16-7-3-4-8-17(16)22/h14-17,22H,3-13H2,1-2H3,(H2,19,20,23). The average molecular weight is 325 g/mol. The molecule has 0 aromatic carbocycles. The molecule has 2 rings (SSSR count). The van der Waals surface area contributed by atoms with Crippen LogP contribution in [0.15, 0.2) is 0 Å². The molecule has 1 aliphatic heterocycles. The van der Waals surface area contributed by atoms with E-state index in [0.29, 0.717) is 12.0 Å². The highest BCUT2D eigenvalue weighted by atomic mass is 16.3. The average Bonchev–Trinajstić information content (AvgIpc) is 2.53. The van der Waals surface area contributed by atoms with E-state index in [1.54, 1.807) is 0 Å². The minimum Gasteiger partial charge on any atom is -0.391 e. The number of piperidine rings is 1. The summed E-state index contributed by atoms with van der Waals surface area (Å²) in [4.78, 5) is 14.3. The lowest BCUT2D eigenvalue weighted by molar-refractivity contribution is 0.00777. The molecular weight excluding hydrogens is 290 g/mol. The summed E-state index contributed by atoms with van der Waals surface area (Å²) in [7, 11) is 0. The number of amides is 2. The van der Waals surface area contributed by atoms with Gasteiger partial charge in [0, 0.05) is 31.7 Å². The SMILES string of the molecule is CC(C)CCCNC(=O)NC1CCN(C2CCCCC2O)CC1. The third-order valence-electron chi connectivity index (χ3n) is 5.27. The summed E-state index contributed by atoms with van der Waals surface area (Å²) in [6.07, 6.45) is 8.48. The number of urea groups is 1. The normalized spacial score (nSPS) is 27.1. The number of carbonyl (C=O) groups is 1. The summed E-state index contributed by atoms with van der Waals surface area (Å²) in [5, 5.41) is 16.2. The third-order valence-corrected chi connectivity index (χ3v) is 5.27. The first-order valence-electron chi connectivity index (χ1n) is 9.52. The van der Waals surface area contributed by atoms with E-state index in [4.69, 9.17) is 0 Å². The van der Waals surface area contributed by atoms with Crippen LogP contribution in [0, 0.1) is 5.92 Å². The molecule has 2 amide bonds. The lowest BCUT2D eigenvalue weighted by atomic mass is 9.89. The van der Waals surface area contributed by atoms with Gasteiger partial charge >= 0.3 is 6.03 Å². The van der Waals surface area contributed by atoms with Crippen molar-refractivity contribution in [2.24, 2.45) is 5.92 Å². The fourth-order valence-electron chi connectivity index (χ4n) is 3.84. The number of hydrogen-bond donors (Lipinski definition) is 3. The Kier molecular flexibility index (Phi) is 7.63. The van der Waals surface area contributed by atoms with E-state index < -0.39 is 0 Å². The van der Waals surface area contributed by atoms with Crippen LogP contribution in [0.3, 0.4) is 0 Å². The van der Waals surface area contributed by atoms with Crippen molar-refractivity contribution >= 4 is 6.03 Å². The fourth-order valence-corrected chi connectivity index (χ4v) is 3.84. The molecule has 1 saturated heterocycles. The second-order valence-corrected chi connectivity index (χ2v) is 7.67. The van der Waals surface area contributed by atoms with Gasteiger partial charge in [-0.3, -0.25) is 4.90 Å². The minimum absolute atomic E-state index is 0.0232. The highest BCUT2D eigenvalue weighted by molar-refractivity contribution is 5.74. The minimum atomic E-state index is -0.155. The van der Waals surface area contributed by atoms with Crippen molar-refractivity contribution in [3.63, 3.8) is 0 Å². The molecule has 0 aromatic heterocycles. The first-order valence-corrected chi connectivity index (χ1v) is 9.52. The van der Waals surface area contributed by atoms with Crippen LogP contribution in [0.5, 0.6) is 0 Å². The lowest BCUT2D eigenvalue weighted by Crippen LogP contribution is -2.53. The van der Waals surface area contributed by atoms with Crippen LogP contribution in [-0.4, -0.2) is 53.9 Å². The second kappa shape index (κ2) is 9.48. The summed E-state index contributed by atoms with van der Waals surface area (Å²) in [6, 6.07) is 0.594. The molecule has 1 aliphatic carbocycles. The van der Waals surface area contributed by atoms with Gasteiger partial charge in [-0.2, -0.15) is 0 Å². The number of aliphatic hydroxyl groups excluding tert-OH is 1. The molecule has 2 fully saturated rings. The highest BCUT2D eigenvalue weighted by Crippen LogP contribution is 2.25. The van der Waals surface area contributed by atoms with Gasteiger partial charge in [-0.15, -0.1) is 0 Å². The van der Waals surface area contributed by atoms with Crippen LogP contribution >= 0.6 is 0 Å². The van der Waals surface area contributed by atoms with Crippen LogP contribution in [0.4, 0.5) is 4.79 Å². The van der Waals surface area contributed by atoms with Gasteiger partial charge in [-0.25, -0.2) is 4.79 Å². The Labute approximate surface area is 141 Å². The molecular formula is C18H35N3O2. The van der Waals surface area contributed by atoms with E-state index in [9.17, 15) is 9.90 Å². The number of aliphatic hydroxyl groups is 1. The fraction of sp³-hybridized carbons (Fsp3) is 0.944. The topological polar surface area (TPSA) is 64.6 Å². The van der Waals surface area contributed by atoms with Crippen LogP contribution in [0.25, 0.3) is 0 Å². The Morgan fingerprint density at radius 3 is 2.52 bits per heavy atom. The van der Waals surface area contributed by atoms with Crippen LogP contribution < -0.4 is 10.6 Å². The summed E-state index contributed by atoms with van der Waals surface area (Å²) in [5.74, 6) is 0.694. The molecule has 2 aliphatic rings. The smallest absolute Gasteiger partial charge is 0.315 e. The van der Waals surface area contributed by atoms with Crippen molar-refractivity contribution in [3.05, 3.63) is 0 Å².